The van der Waals surface area contributed by atoms with Crippen molar-refractivity contribution in [2.24, 2.45) is 0 Å². The predicted octanol–water partition coefficient (Wildman–Crippen LogP) is 4.40. The molecule has 1 aliphatic rings. The molecule has 170 valence electrons. The van der Waals surface area contributed by atoms with Crippen LogP contribution in [0.3, 0.4) is 0 Å². The van der Waals surface area contributed by atoms with Crippen LogP contribution in [0.2, 0.25) is 0 Å². The Morgan fingerprint density at radius 3 is 2.62 bits per heavy atom. The molecule has 32 heavy (non-hydrogen) atoms. The smallest absolute Gasteiger partial charge is 0.343 e. The lowest BCUT2D eigenvalue weighted by Gasteiger charge is -2.14. The first-order chi connectivity index (χ1) is 15.4. The van der Waals surface area contributed by atoms with Crippen molar-refractivity contribution in [2.75, 3.05) is 25.6 Å². The molecule has 3 rings (SSSR count). The molecule has 0 aromatic heterocycles. The molecule has 1 amide bonds. The van der Waals surface area contributed by atoms with Crippen molar-refractivity contribution >= 4 is 58.0 Å². The Labute approximate surface area is 205 Å². The van der Waals surface area contributed by atoms with Crippen LogP contribution in [0.15, 0.2) is 41.3 Å². The maximum Gasteiger partial charge on any atom is 0.343 e. The van der Waals surface area contributed by atoms with Crippen LogP contribution in [0, 0.1) is 3.57 Å². The van der Waals surface area contributed by atoms with Crippen molar-refractivity contribution < 1.29 is 23.8 Å². The van der Waals surface area contributed by atoms with Gasteiger partial charge in [0.25, 0.3) is 5.91 Å². The number of esters is 1. The topological polar surface area (TPSA) is 85.9 Å². The number of ether oxygens (including phenoxy) is 3. The standard InChI is InChI=1S/C23H25IN2O5S/c1-4-14-6-8-16(9-7-14)25-23-26-22(28)19(32-23)12-15-10-17(24)21(18(11-15)30-5-2)31-13-20(27)29-3/h6-12,23,25H,4-5,13H2,1-3H3,(H,26,28)/b19-12-/t23-/m1/s1. The lowest BCUT2D eigenvalue weighted by Crippen LogP contribution is -2.30. The molecular formula is C23H25IN2O5S. The second kappa shape index (κ2) is 11.5. The minimum Gasteiger partial charge on any atom is -0.490 e. The van der Waals surface area contributed by atoms with E-state index in [0.717, 1.165) is 21.2 Å². The number of aryl methyl sites for hydroxylation is 1. The first-order valence-electron chi connectivity index (χ1n) is 10.1. The number of methoxy groups -OCH3 is 1. The fourth-order valence-corrected chi connectivity index (χ4v) is 4.74. The monoisotopic (exact) mass is 568 g/mol. The van der Waals surface area contributed by atoms with Gasteiger partial charge < -0.3 is 24.8 Å². The molecule has 0 aliphatic carbocycles. The molecule has 1 fully saturated rings. The van der Waals surface area contributed by atoms with E-state index in [9.17, 15) is 9.59 Å². The Hall–Kier alpha value is -2.40. The van der Waals surface area contributed by atoms with Crippen molar-refractivity contribution in [1.29, 1.82) is 0 Å². The van der Waals surface area contributed by atoms with E-state index in [1.54, 1.807) is 6.07 Å². The lowest BCUT2D eigenvalue weighted by molar-refractivity contribution is -0.143. The van der Waals surface area contributed by atoms with Crippen LogP contribution in [0.5, 0.6) is 11.5 Å². The zero-order valence-electron chi connectivity index (χ0n) is 18.1. The lowest BCUT2D eigenvalue weighted by atomic mass is 10.1. The van der Waals surface area contributed by atoms with Gasteiger partial charge in [0, 0.05) is 5.69 Å². The average molecular weight is 568 g/mol. The molecule has 0 radical (unpaired) electrons. The number of hydrogen-bond donors (Lipinski definition) is 2. The number of halogens is 1. The Kier molecular flexibility index (Phi) is 8.68. The summed E-state index contributed by atoms with van der Waals surface area (Å²) < 4.78 is 16.7. The molecule has 1 aliphatic heterocycles. The minimum absolute atomic E-state index is 0.142. The number of anilines is 1. The highest BCUT2D eigenvalue weighted by Crippen LogP contribution is 2.37. The molecule has 0 bridgehead atoms. The Morgan fingerprint density at radius 1 is 1.22 bits per heavy atom. The number of rotatable bonds is 9. The maximum atomic E-state index is 12.5. The van der Waals surface area contributed by atoms with E-state index in [-0.39, 0.29) is 18.0 Å². The minimum atomic E-state index is -0.476. The summed E-state index contributed by atoms with van der Waals surface area (Å²) in [5.41, 5.74) is 2.75. The summed E-state index contributed by atoms with van der Waals surface area (Å²) in [5.74, 6) is 0.357. The van der Waals surface area contributed by atoms with Gasteiger partial charge >= 0.3 is 5.97 Å². The van der Waals surface area contributed by atoms with Gasteiger partial charge in [-0.1, -0.05) is 30.8 Å². The van der Waals surface area contributed by atoms with Crippen LogP contribution in [0.1, 0.15) is 25.0 Å². The molecule has 7 nitrogen and oxygen atoms in total. The van der Waals surface area contributed by atoms with Gasteiger partial charge in [-0.15, -0.1) is 0 Å². The van der Waals surface area contributed by atoms with Crippen LogP contribution >= 0.6 is 34.4 Å². The fraction of sp³-hybridized carbons (Fsp3) is 0.304. The summed E-state index contributed by atoms with van der Waals surface area (Å²) in [6, 6.07) is 11.8. The van der Waals surface area contributed by atoms with Gasteiger partial charge in [0.1, 0.15) is 0 Å². The van der Waals surface area contributed by atoms with Gasteiger partial charge in [-0.2, -0.15) is 0 Å². The number of thioether (sulfide) groups is 1. The van der Waals surface area contributed by atoms with E-state index in [2.05, 4.69) is 57.0 Å². The highest BCUT2D eigenvalue weighted by atomic mass is 127. The highest BCUT2D eigenvalue weighted by Gasteiger charge is 2.27. The predicted molar refractivity (Wildman–Crippen MR) is 135 cm³/mol. The quantitative estimate of drug-likeness (QED) is 0.264. The van der Waals surface area contributed by atoms with Crippen LogP contribution in [-0.2, 0) is 20.7 Å². The Balaban J connectivity index is 1.75. The number of hydrogen-bond acceptors (Lipinski definition) is 7. The Morgan fingerprint density at radius 2 is 1.97 bits per heavy atom. The first kappa shape index (κ1) is 24.2. The first-order valence-corrected chi connectivity index (χ1v) is 12.1. The van der Waals surface area contributed by atoms with E-state index in [1.807, 2.05) is 31.2 Å². The molecule has 2 N–H and O–H groups in total. The molecule has 0 unspecified atom stereocenters. The number of benzene rings is 2. The third-order valence-corrected chi connectivity index (χ3v) is 6.41. The van der Waals surface area contributed by atoms with Crippen molar-refractivity contribution in [1.82, 2.24) is 5.32 Å². The van der Waals surface area contributed by atoms with Gasteiger partial charge in [0.2, 0.25) is 0 Å². The molecule has 1 atom stereocenters. The summed E-state index contributed by atoms with van der Waals surface area (Å²) in [6.45, 7) is 4.20. The zero-order chi connectivity index (χ0) is 23.1. The number of carbonyl (C=O) groups is 2. The van der Waals surface area contributed by atoms with E-state index in [1.165, 1.54) is 24.4 Å². The van der Waals surface area contributed by atoms with Gasteiger partial charge in [-0.3, -0.25) is 4.79 Å². The molecule has 0 spiro atoms. The van der Waals surface area contributed by atoms with Crippen LogP contribution in [0.25, 0.3) is 6.08 Å². The molecule has 0 saturated carbocycles. The fourth-order valence-electron chi connectivity index (χ4n) is 2.97. The van der Waals surface area contributed by atoms with Gasteiger partial charge in [-0.25, -0.2) is 4.79 Å². The van der Waals surface area contributed by atoms with Crippen LogP contribution < -0.4 is 20.1 Å². The largest absolute Gasteiger partial charge is 0.490 e. The van der Waals surface area contributed by atoms with Gasteiger partial charge in [0.15, 0.2) is 23.6 Å². The second-order valence-corrected chi connectivity index (χ2v) is 9.11. The van der Waals surface area contributed by atoms with Crippen LogP contribution in [-0.4, -0.2) is 37.7 Å². The van der Waals surface area contributed by atoms with E-state index in [0.29, 0.717) is 23.0 Å². The maximum absolute atomic E-state index is 12.5. The van der Waals surface area contributed by atoms with Crippen LogP contribution in [0.4, 0.5) is 5.69 Å². The van der Waals surface area contributed by atoms with Crippen molar-refractivity contribution in [2.45, 2.75) is 25.8 Å². The van der Waals surface area contributed by atoms with E-state index < -0.39 is 5.97 Å². The van der Waals surface area contributed by atoms with Crippen molar-refractivity contribution in [3.63, 3.8) is 0 Å². The molecule has 9 heteroatoms. The summed E-state index contributed by atoms with van der Waals surface area (Å²) in [6.07, 6.45) is 2.80. The van der Waals surface area contributed by atoms with E-state index in [4.69, 9.17) is 9.47 Å². The van der Waals surface area contributed by atoms with Gasteiger partial charge in [0.05, 0.1) is 22.2 Å². The molecule has 1 heterocycles. The third-order valence-electron chi connectivity index (χ3n) is 4.58. The number of carbonyl (C=O) groups excluding carboxylic acids is 2. The second-order valence-electron chi connectivity index (χ2n) is 6.80. The summed E-state index contributed by atoms with van der Waals surface area (Å²) in [4.78, 5) is 24.5. The SMILES string of the molecule is CCOc1cc(/C=C2\S[C@H](Nc3ccc(CC)cc3)NC2=O)cc(I)c1OCC(=O)OC. The molecule has 2 aromatic carbocycles. The Bertz CT molecular complexity index is 1010. The van der Waals surface area contributed by atoms with Crippen molar-refractivity contribution in [3.8, 4) is 11.5 Å². The number of amides is 1. The molecule has 1 saturated heterocycles. The van der Waals surface area contributed by atoms with Gasteiger partial charge in [-0.05, 0) is 77.4 Å². The summed E-state index contributed by atoms with van der Waals surface area (Å²) in [5, 5.41) is 6.27. The molecular weight excluding hydrogens is 543 g/mol. The average Bonchev–Trinajstić information content (AvgIpc) is 3.12. The third kappa shape index (κ3) is 6.32. The number of nitrogens with one attached hydrogen (secondary N) is 2. The van der Waals surface area contributed by atoms with E-state index >= 15 is 0 Å². The highest BCUT2D eigenvalue weighted by molar-refractivity contribution is 14.1. The summed E-state index contributed by atoms with van der Waals surface area (Å²) >= 11 is 3.54. The molecule has 2 aromatic rings. The normalized spacial score (nSPS) is 16.6. The van der Waals surface area contributed by atoms with Crippen molar-refractivity contribution in [3.05, 3.63) is 56.0 Å². The zero-order valence-corrected chi connectivity index (χ0v) is 21.0. The summed E-state index contributed by atoms with van der Waals surface area (Å²) in [7, 11) is 1.31.